The van der Waals surface area contributed by atoms with Gasteiger partial charge in [-0.15, -0.1) is 0 Å². The Bertz CT molecular complexity index is 1330. The van der Waals surface area contributed by atoms with Crippen LogP contribution in [0.15, 0.2) is 18.2 Å². The lowest BCUT2D eigenvalue weighted by Crippen LogP contribution is -2.52. The second-order valence-corrected chi connectivity index (χ2v) is 9.93. The van der Waals surface area contributed by atoms with Gasteiger partial charge in [-0.1, -0.05) is 12.1 Å². The average Bonchev–Trinajstić information content (AvgIpc) is 2.90. The summed E-state index contributed by atoms with van der Waals surface area (Å²) in [5.74, 6) is -3.64. The van der Waals surface area contributed by atoms with E-state index in [0.29, 0.717) is 0 Å². The summed E-state index contributed by atoms with van der Waals surface area (Å²) >= 11 is 0. The molecule has 1 saturated heterocycles. The Morgan fingerprint density at radius 3 is 2.47 bits per heavy atom. The van der Waals surface area contributed by atoms with Crippen LogP contribution < -0.4 is 10.5 Å². The van der Waals surface area contributed by atoms with Gasteiger partial charge in [0, 0.05) is 35.1 Å². The van der Waals surface area contributed by atoms with Gasteiger partial charge in [0.1, 0.15) is 23.9 Å². The maximum absolute atomic E-state index is 13.6. The fraction of sp³-hybridized carbons (Fsp3) is 0.444. The van der Waals surface area contributed by atoms with Crippen molar-refractivity contribution in [2.75, 3.05) is 13.7 Å². The van der Waals surface area contributed by atoms with Gasteiger partial charge in [0.25, 0.3) is 0 Å². The molecule has 6 N–H and O–H groups in total. The summed E-state index contributed by atoms with van der Waals surface area (Å²) in [5, 5.41) is 42.4. The summed E-state index contributed by atoms with van der Waals surface area (Å²) in [6, 6.07) is 3.83. The van der Waals surface area contributed by atoms with Crippen molar-refractivity contribution in [3.63, 3.8) is 0 Å². The molecule has 0 aromatic heterocycles. The van der Waals surface area contributed by atoms with Gasteiger partial charge in [0.05, 0.1) is 42.1 Å². The molecule has 1 aliphatic heterocycles. The normalized spacial score (nSPS) is 28.3. The quantitative estimate of drug-likeness (QED) is 0.297. The van der Waals surface area contributed by atoms with E-state index < -0.39 is 72.0 Å². The standard InChI is InChI=1S/C27H29NO10/c1-10-23(31)14(28)8-18(37-10)38-17-7-11(15(30)9-29)6-13-20(17)27(35)22-21(25(13)33)24(32)12-4-3-5-16(36-2)19(12)26(22)34/h3-5,10-11,14,17-18,23,29,31,33,35H,6-9,28H2,1-2H3/t10-,11+,14-,17-,18?,23+/m0/s1. The first-order chi connectivity index (χ1) is 18.1. The number of carbonyl (C=O) groups excluding carboxylic acids is 3. The van der Waals surface area contributed by atoms with Crippen molar-refractivity contribution in [2.45, 2.75) is 56.8 Å². The zero-order valence-electron chi connectivity index (χ0n) is 20.8. The lowest BCUT2D eigenvalue weighted by atomic mass is 9.73. The van der Waals surface area contributed by atoms with Crippen LogP contribution in [-0.2, 0) is 20.7 Å². The fourth-order valence-corrected chi connectivity index (χ4v) is 5.73. The molecule has 202 valence electrons. The van der Waals surface area contributed by atoms with Crippen molar-refractivity contribution in [1.82, 2.24) is 0 Å². The first kappa shape index (κ1) is 26.3. The Kier molecular flexibility index (Phi) is 6.74. The number of aliphatic hydroxyl groups is 2. The van der Waals surface area contributed by atoms with Crippen molar-refractivity contribution in [3.8, 4) is 17.2 Å². The molecule has 1 fully saturated rings. The summed E-state index contributed by atoms with van der Waals surface area (Å²) in [6.07, 6.45) is -3.54. The number of phenolic OH excluding ortho intramolecular Hbond substituents is 2. The molecule has 38 heavy (non-hydrogen) atoms. The number of rotatable bonds is 5. The number of benzene rings is 2. The molecular weight excluding hydrogens is 498 g/mol. The Labute approximate surface area is 217 Å². The molecule has 5 rings (SSSR count). The monoisotopic (exact) mass is 527 g/mol. The van der Waals surface area contributed by atoms with Crippen LogP contribution in [-0.4, -0.2) is 76.0 Å². The van der Waals surface area contributed by atoms with Gasteiger partial charge in [0.15, 0.2) is 17.9 Å². The van der Waals surface area contributed by atoms with Crippen molar-refractivity contribution in [1.29, 1.82) is 0 Å². The van der Waals surface area contributed by atoms with E-state index >= 15 is 0 Å². The first-order valence-electron chi connectivity index (χ1n) is 12.3. The molecular formula is C27H29NO10. The molecule has 6 atom stereocenters. The number of nitrogens with two attached hydrogens (primary N) is 1. The molecule has 0 bridgehead atoms. The topological polar surface area (TPSA) is 186 Å². The number of methoxy groups -OCH3 is 1. The number of aliphatic hydroxyl groups excluding tert-OH is 2. The van der Waals surface area contributed by atoms with Gasteiger partial charge in [-0.25, -0.2) is 0 Å². The predicted octanol–water partition coefficient (Wildman–Crippen LogP) is 0.886. The number of ether oxygens (including phenoxy) is 3. The Morgan fingerprint density at radius 1 is 1.11 bits per heavy atom. The predicted molar refractivity (Wildman–Crippen MR) is 130 cm³/mol. The molecule has 0 spiro atoms. The number of hydrogen-bond donors (Lipinski definition) is 5. The lowest BCUT2D eigenvalue weighted by Gasteiger charge is -2.40. The van der Waals surface area contributed by atoms with Crippen LogP contribution in [0.4, 0.5) is 0 Å². The number of fused-ring (bicyclic) bond motifs is 3. The molecule has 2 aliphatic carbocycles. The summed E-state index contributed by atoms with van der Waals surface area (Å²) in [6.45, 7) is 0.880. The van der Waals surface area contributed by atoms with Crippen molar-refractivity contribution in [2.24, 2.45) is 11.7 Å². The molecule has 3 aliphatic rings. The van der Waals surface area contributed by atoms with Gasteiger partial charge in [0.2, 0.25) is 5.78 Å². The van der Waals surface area contributed by atoms with Crippen molar-refractivity contribution in [3.05, 3.63) is 51.6 Å². The molecule has 11 nitrogen and oxygen atoms in total. The fourth-order valence-electron chi connectivity index (χ4n) is 5.73. The smallest absolute Gasteiger partial charge is 0.202 e. The second-order valence-electron chi connectivity index (χ2n) is 9.93. The molecule has 2 aromatic carbocycles. The van der Waals surface area contributed by atoms with E-state index in [1.165, 1.54) is 25.3 Å². The molecule has 1 heterocycles. The minimum absolute atomic E-state index is 0.00621. The average molecular weight is 528 g/mol. The van der Waals surface area contributed by atoms with Crippen molar-refractivity contribution < 1.29 is 49.0 Å². The zero-order valence-corrected chi connectivity index (χ0v) is 20.8. The Morgan fingerprint density at radius 2 is 1.82 bits per heavy atom. The Hall–Kier alpha value is -3.35. The van der Waals surface area contributed by atoms with Gasteiger partial charge in [-0.05, 0) is 25.8 Å². The van der Waals surface area contributed by atoms with Crippen molar-refractivity contribution >= 4 is 17.3 Å². The molecule has 0 radical (unpaired) electrons. The number of aromatic hydroxyl groups is 2. The van der Waals surface area contributed by atoms with E-state index in [4.69, 9.17) is 19.9 Å². The van der Waals surface area contributed by atoms with E-state index in [1.807, 2.05) is 0 Å². The highest BCUT2D eigenvalue weighted by molar-refractivity contribution is 6.31. The van der Waals surface area contributed by atoms with Crippen LogP contribution >= 0.6 is 0 Å². The maximum atomic E-state index is 13.6. The summed E-state index contributed by atoms with van der Waals surface area (Å²) in [5.41, 5.74) is 5.39. The van der Waals surface area contributed by atoms with Crippen LogP contribution in [0.1, 0.15) is 68.8 Å². The highest BCUT2D eigenvalue weighted by Gasteiger charge is 2.45. The third-order valence-electron chi connectivity index (χ3n) is 7.71. The third-order valence-corrected chi connectivity index (χ3v) is 7.71. The van der Waals surface area contributed by atoms with E-state index in [1.54, 1.807) is 6.92 Å². The molecule has 0 amide bonds. The van der Waals surface area contributed by atoms with Crippen LogP contribution in [0.3, 0.4) is 0 Å². The number of Topliss-reactive ketones (excluding diaryl/α,β-unsaturated/α-hetero) is 1. The zero-order chi connectivity index (χ0) is 27.5. The first-order valence-corrected chi connectivity index (χ1v) is 12.3. The van der Waals surface area contributed by atoms with Crippen LogP contribution in [0, 0.1) is 5.92 Å². The highest BCUT2D eigenvalue weighted by atomic mass is 16.7. The maximum Gasteiger partial charge on any atom is 0.202 e. The van der Waals surface area contributed by atoms with Gasteiger partial charge < -0.3 is 40.4 Å². The van der Waals surface area contributed by atoms with Crippen LogP contribution in [0.5, 0.6) is 17.2 Å². The lowest BCUT2D eigenvalue weighted by molar-refractivity contribution is -0.243. The van der Waals surface area contributed by atoms with Crippen LogP contribution in [0.2, 0.25) is 0 Å². The summed E-state index contributed by atoms with van der Waals surface area (Å²) < 4.78 is 17.2. The second kappa shape index (κ2) is 9.75. The number of carbonyl (C=O) groups is 3. The number of phenols is 2. The molecule has 11 heteroatoms. The Balaban J connectivity index is 1.65. The van der Waals surface area contributed by atoms with E-state index in [-0.39, 0.29) is 58.4 Å². The highest BCUT2D eigenvalue weighted by Crippen LogP contribution is 2.51. The molecule has 0 saturated carbocycles. The SMILES string of the molecule is COc1cccc2c1C(=O)c1c(O)c3c(c(O)c1C2=O)C[C@@H](C(=O)CO)C[C@@H]3OC1C[C@H](N)[C@H](O)[C@H](C)O1. The van der Waals surface area contributed by atoms with Gasteiger partial charge >= 0.3 is 0 Å². The minimum Gasteiger partial charge on any atom is -0.507 e. The largest absolute Gasteiger partial charge is 0.507 e. The van der Waals surface area contributed by atoms with E-state index in [9.17, 15) is 34.8 Å². The minimum atomic E-state index is -1.06. The number of hydrogen-bond acceptors (Lipinski definition) is 11. The van der Waals surface area contributed by atoms with Gasteiger partial charge in [-0.2, -0.15) is 0 Å². The van der Waals surface area contributed by atoms with E-state index in [0.717, 1.165) is 0 Å². The van der Waals surface area contributed by atoms with Gasteiger partial charge in [-0.3, -0.25) is 14.4 Å². The molecule has 2 aromatic rings. The summed E-state index contributed by atoms with van der Waals surface area (Å²) in [4.78, 5) is 39.6. The third kappa shape index (κ3) is 3.98. The summed E-state index contributed by atoms with van der Waals surface area (Å²) in [7, 11) is 1.35. The number of ketones is 3. The van der Waals surface area contributed by atoms with Crippen LogP contribution in [0.25, 0.3) is 0 Å². The van der Waals surface area contributed by atoms with E-state index in [2.05, 4.69) is 0 Å². The molecule has 1 unspecified atom stereocenters.